The summed E-state index contributed by atoms with van der Waals surface area (Å²) >= 11 is 0. The highest BCUT2D eigenvalue weighted by molar-refractivity contribution is 6.01. The quantitative estimate of drug-likeness (QED) is 0.0277. The van der Waals surface area contributed by atoms with Gasteiger partial charge in [-0.3, -0.25) is 76.7 Å². The van der Waals surface area contributed by atoms with E-state index in [9.17, 15) is 86.6 Å². The first-order valence-electron chi connectivity index (χ1n) is 46.5. The summed E-state index contributed by atoms with van der Waals surface area (Å²) < 4.78 is 0. The number of carboxylic acids is 1. The smallest absolute Gasteiger partial charge is 0.326 e. The lowest BCUT2D eigenvalue weighted by Crippen LogP contribution is -2.60. The fourth-order valence-corrected chi connectivity index (χ4v) is 13.7. The van der Waals surface area contributed by atoms with Crippen molar-refractivity contribution in [2.24, 2.45) is 75.5 Å². The lowest BCUT2D eigenvalue weighted by molar-refractivity contribution is -0.142. The average Bonchev–Trinajstić information content (AvgIpc) is 0.852. The van der Waals surface area contributed by atoms with Gasteiger partial charge in [0.25, 0.3) is 0 Å². The van der Waals surface area contributed by atoms with Crippen molar-refractivity contribution in [3.05, 3.63) is 0 Å². The van der Waals surface area contributed by atoms with E-state index in [1.807, 2.05) is 13.8 Å². The topological polar surface area (TPSA) is 711 Å². The molecule has 0 aromatic carbocycles. The number of nitrogens with one attached hydrogen (secondary N) is 16. The molecule has 33 N–H and O–H groups in total. The summed E-state index contributed by atoms with van der Waals surface area (Å²) in [6.45, 7) is 26.8. The molecule has 0 fully saturated rings. The van der Waals surface area contributed by atoms with E-state index in [4.69, 9.17) is 45.9 Å². The Labute approximate surface area is 763 Å². The molecule has 0 rings (SSSR count). The van der Waals surface area contributed by atoms with Crippen LogP contribution in [0, 0.1) is 29.6 Å². The summed E-state index contributed by atoms with van der Waals surface area (Å²) in [5.41, 5.74) is 46.7. The van der Waals surface area contributed by atoms with Crippen molar-refractivity contribution in [1.82, 2.24) is 85.1 Å². The van der Waals surface area contributed by atoms with E-state index in [1.54, 1.807) is 55.4 Å². The molecule has 0 heterocycles. The number of unbranched alkanes of at least 4 members (excludes halogenated alkanes) is 7. The van der Waals surface area contributed by atoms with Crippen LogP contribution in [-0.4, -0.2) is 254 Å². The van der Waals surface area contributed by atoms with Crippen LogP contribution in [0.5, 0.6) is 0 Å². The first-order chi connectivity index (χ1) is 60.8. The van der Waals surface area contributed by atoms with Gasteiger partial charge in [0, 0.05) is 0 Å². The number of hydrogen-bond donors (Lipinski definition) is 25. The Morgan fingerprint density at radius 3 is 0.504 bits per heavy atom. The lowest BCUT2D eigenvalue weighted by Gasteiger charge is -2.28. The summed E-state index contributed by atoms with van der Waals surface area (Å²) in [5, 5.41) is 52.3. The number of amides is 16. The number of rotatable bonds is 71. The van der Waals surface area contributed by atoms with Crippen molar-refractivity contribution < 1.29 is 86.6 Å². The SMILES string of the molecule is CC(C)C[C@H](NC(=O)[C@H](C)NC(=O)[C@H](CCCCN)NC(=O)[C@H](C)NC(=O)[C@H](CC(C)C)NC(=O)[C@H](CCCCN)NC(=O)[C@H](C)NC(=O)[C@H](CC(C)C)NC(=O)[C@H](CCCCN)NC(=O)[C@H](CCCCN)NC(=O)[C@H](C)NC(=O)[C@H](CC(C)C)NC(=O)[C@H](CCCCN)NC(=O)[C@H](CCCCN)NC(=O)[C@H](C)NC(=O)[C@H](CC(C)C)NC(=O)[C@@H](N)CCCCN)C(=O)O. The van der Waals surface area contributed by atoms with Gasteiger partial charge < -0.3 is 136 Å². The van der Waals surface area contributed by atoms with E-state index in [1.165, 1.54) is 34.6 Å². The van der Waals surface area contributed by atoms with Crippen LogP contribution >= 0.6 is 0 Å². The first kappa shape index (κ1) is 120. The largest absolute Gasteiger partial charge is 0.480 e. The monoisotopic (exact) mass is 1840 g/mol. The van der Waals surface area contributed by atoms with Gasteiger partial charge >= 0.3 is 5.97 Å². The summed E-state index contributed by atoms with van der Waals surface area (Å²) in [6.07, 6.45) is 6.99. The maximum atomic E-state index is 14.6. The first-order valence-corrected chi connectivity index (χ1v) is 46.5. The van der Waals surface area contributed by atoms with Crippen LogP contribution in [-0.2, 0) is 81.5 Å². The summed E-state index contributed by atoms with van der Waals surface area (Å²) in [5.74, 6) is -14.3. The summed E-state index contributed by atoms with van der Waals surface area (Å²) in [6, 6.07) is -21.2. The van der Waals surface area contributed by atoms with E-state index in [0.717, 1.165) is 0 Å². The zero-order valence-corrected chi connectivity index (χ0v) is 79.5. The predicted octanol–water partition coefficient (Wildman–Crippen LogP) is -2.61. The molecular formula is C87H166N24O18. The van der Waals surface area contributed by atoms with Crippen LogP contribution in [0.15, 0.2) is 0 Å². The molecule has 0 aromatic rings. The Bertz CT molecular complexity index is 3450. The molecule has 0 radical (unpaired) electrons. The molecule has 0 aliphatic carbocycles. The van der Waals surface area contributed by atoms with Gasteiger partial charge in [0.15, 0.2) is 0 Å². The van der Waals surface area contributed by atoms with Crippen LogP contribution in [0.25, 0.3) is 0 Å². The van der Waals surface area contributed by atoms with Gasteiger partial charge in [-0.05, 0) is 271 Å². The second-order valence-corrected chi connectivity index (χ2v) is 35.9. The van der Waals surface area contributed by atoms with Crippen LogP contribution < -0.4 is 131 Å². The maximum Gasteiger partial charge on any atom is 0.326 e. The molecule has 0 saturated heterocycles. The molecule has 42 heteroatoms. The van der Waals surface area contributed by atoms with E-state index < -0.39 is 203 Å². The zero-order valence-electron chi connectivity index (χ0n) is 79.5. The van der Waals surface area contributed by atoms with Gasteiger partial charge in [-0.2, -0.15) is 0 Å². The predicted molar refractivity (Wildman–Crippen MR) is 492 cm³/mol. The molecule has 0 unspecified atom stereocenters. The molecule has 0 saturated carbocycles. The average molecular weight is 1840 g/mol. The fraction of sp³-hybridized carbons (Fsp3) is 0.805. The van der Waals surface area contributed by atoms with Crippen LogP contribution in [0.1, 0.15) is 271 Å². The Balaban J connectivity index is 6.88. The fourth-order valence-electron chi connectivity index (χ4n) is 13.7. The van der Waals surface area contributed by atoms with Crippen LogP contribution in [0.3, 0.4) is 0 Å². The van der Waals surface area contributed by atoms with Crippen molar-refractivity contribution in [2.75, 3.05) is 45.8 Å². The van der Waals surface area contributed by atoms with Gasteiger partial charge in [0.2, 0.25) is 94.5 Å². The number of aliphatic carboxylic acids is 1. The van der Waals surface area contributed by atoms with E-state index in [2.05, 4.69) is 85.1 Å². The van der Waals surface area contributed by atoms with Gasteiger partial charge in [-0.25, -0.2) is 4.79 Å². The number of nitrogens with two attached hydrogens (primary N) is 8. The molecule has 16 amide bonds. The minimum Gasteiger partial charge on any atom is -0.480 e. The van der Waals surface area contributed by atoms with Gasteiger partial charge in [-0.15, -0.1) is 0 Å². The van der Waals surface area contributed by atoms with Crippen molar-refractivity contribution in [2.45, 2.75) is 374 Å². The Morgan fingerprint density at radius 1 is 0.186 bits per heavy atom. The summed E-state index contributed by atoms with van der Waals surface area (Å²) in [4.78, 5) is 237. The highest BCUT2D eigenvalue weighted by Gasteiger charge is 2.39. The lowest BCUT2D eigenvalue weighted by atomic mass is 10.0. The maximum absolute atomic E-state index is 14.6. The molecule has 129 heavy (non-hydrogen) atoms. The van der Waals surface area contributed by atoms with Crippen LogP contribution in [0.2, 0.25) is 0 Å². The highest BCUT2D eigenvalue weighted by Crippen LogP contribution is 2.17. The molecule has 0 spiro atoms. The molecule has 0 aliphatic heterocycles. The second-order valence-electron chi connectivity index (χ2n) is 35.9. The minimum atomic E-state index is -1.36. The minimum absolute atomic E-state index is 0.00412. The van der Waals surface area contributed by atoms with Crippen LogP contribution in [0.4, 0.5) is 0 Å². The molecule has 0 bridgehead atoms. The number of carbonyl (C=O) groups excluding carboxylic acids is 16. The van der Waals surface area contributed by atoms with E-state index in [0.29, 0.717) is 103 Å². The Hall–Kier alpha value is -9.33. The van der Waals surface area contributed by atoms with E-state index >= 15 is 0 Å². The third-order valence-corrected chi connectivity index (χ3v) is 21.2. The van der Waals surface area contributed by atoms with Gasteiger partial charge in [0.1, 0.15) is 96.7 Å². The Kier molecular flexibility index (Phi) is 62.1. The van der Waals surface area contributed by atoms with Gasteiger partial charge in [-0.1, -0.05) is 75.7 Å². The molecule has 17 atom stereocenters. The molecule has 0 aliphatic rings. The van der Waals surface area contributed by atoms with E-state index in [-0.39, 0.29) is 139 Å². The van der Waals surface area contributed by atoms with Crippen molar-refractivity contribution in [3.8, 4) is 0 Å². The van der Waals surface area contributed by atoms with Crippen molar-refractivity contribution >= 4 is 100 Å². The molecule has 42 nitrogen and oxygen atoms in total. The number of carboxylic acid groups (broad SMARTS) is 1. The molecule has 742 valence electrons. The molecular weight excluding hydrogens is 1670 g/mol. The Morgan fingerprint density at radius 2 is 0.326 bits per heavy atom. The van der Waals surface area contributed by atoms with Gasteiger partial charge in [0.05, 0.1) is 6.04 Å². The zero-order chi connectivity index (χ0) is 98.2. The van der Waals surface area contributed by atoms with Crippen molar-refractivity contribution in [1.29, 1.82) is 0 Å². The normalized spacial score (nSPS) is 15.4. The third-order valence-electron chi connectivity index (χ3n) is 21.2. The second kappa shape index (κ2) is 66.9. The molecule has 0 aromatic heterocycles. The number of hydrogen-bond acceptors (Lipinski definition) is 25. The standard InChI is InChI=1S/C87H166N24O18/c1-49(2)44-66(107-76(117)59(95)30-16-23-37-88)83(124)97-55(12)72(113)102-61(32-18-25-39-90)78(119)105-64(35-21-28-42-93)81(122)109-68(46-51(5)6)85(126)99-56(13)73(114)103-62(33-19-26-40-91)79(120)106-65(36-22-29-43-94)82(123)110-69(47-52(7)8)86(127)100-57(14)74(115)104-63(34-20-27-41-92)80(121)108-67(45-50(3)4)84(125)98-54(11)71(112)101-60(31-17-24-38-89)77(118)96-58(15)75(116)111-70(87(128)129)48-53(9)10/h49-70H,16-48,88-95H2,1-15H3,(H,96,118)(H,97,124)(H,98,125)(H,99,126)(H,100,127)(H,101,112)(H,102,113)(H,103,114)(H,104,115)(H,105,119)(H,106,120)(H,107,117)(H,108,121)(H,109,122)(H,110,123)(H,111,116)(H,128,129)/t54-,55-,56-,57-,58-,59-,60-,61-,62-,63-,64-,65-,66-,67-,68-,69-,70-/m0/s1. The van der Waals surface area contributed by atoms with Crippen molar-refractivity contribution in [3.63, 3.8) is 0 Å². The number of carbonyl (C=O) groups is 17. The third kappa shape index (κ3) is 51.2. The highest BCUT2D eigenvalue weighted by atomic mass is 16.4. The summed E-state index contributed by atoms with van der Waals surface area (Å²) in [7, 11) is 0.